The van der Waals surface area contributed by atoms with Gasteiger partial charge in [0.15, 0.2) is 5.82 Å². The van der Waals surface area contributed by atoms with E-state index in [1.165, 1.54) is 11.3 Å². The number of rotatable bonds is 5. The minimum Gasteiger partial charge on any atom is -0.186 e. The van der Waals surface area contributed by atoms with Gasteiger partial charge in [0.05, 0.1) is 5.75 Å². The summed E-state index contributed by atoms with van der Waals surface area (Å²) in [5, 5.41) is 14.5. The Bertz CT molecular complexity index is 778. The Hall–Kier alpha value is -1.37. The van der Waals surface area contributed by atoms with E-state index in [0.717, 1.165) is 37.9 Å². The molecule has 108 valence electrons. The van der Waals surface area contributed by atoms with E-state index in [-0.39, 0.29) is 0 Å². The molecule has 0 atom stereocenters. The van der Waals surface area contributed by atoms with Crippen molar-refractivity contribution in [2.75, 3.05) is 5.75 Å². The molecule has 0 unspecified atom stereocenters. The Kier molecular flexibility index (Phi) is 4.57. The van der Waals surface area contributed by atoms with Gasteiger partial charge < -0.3 is 0 Å². The van der Waals surface area contributed by atoms with Crippen molar-refractivity contribution in [1.29, 1.82) is 0 Å². The first kappa shape index (κ1) is 14.6. The topological polar surface area (TPSA) is 43.1 Å². The Balaban J connectivity index is 1.83. The van der Waals surface area contributed by atoms with E-state index in [1.807, 2.05) is 52.7 Å². The van der Waals surface area contributed by atoms with Gasteiger partial charge in [-0.3, -0.25) is 0 Å². The van der Waals surface area contributed by atoms with Crippen LogP contribution >= 0.6 is 34.7 Å². The largest absolute Gasteiger partial charge is 0.234 e. The molecule has 4 nitrogen and oxygen atoms in total. The highest BCUT2D eigenvalue weighted by Gasteiger charge is 2.09. The molecule has 0 spiro atoms. The van der Waals surface area contributed by atoms with Crippen molar-refractivity contribution >= 4 is 51.8 Å². The van der Waals surface area contributed by atoms with Gasteiger partial charge in [0.2, 0.25) is 4.96 Å². The second-order valence-electron chi connectivity index (χ2n) is 4.28. The zero-order valence-corrected chi connectivity index (χ0v) is 13.8. The molecule has 3 rings (SSSR count). The molecule has 0 N–H and O–H groups in total. The molecule has 0 fully saturated rings. The SMILES string of the molecule is CCSCc1nnc2sc(C=Cc3cccc(Cl)c3)nn12. The van der Waals surface area contributed by atoms with Gasteiger partial charge in [-0.1, -0.05) is 48.1 Å². The van der Waals surface area contributed by atoms with Crippen molar-refractivity contribution in [3.63, 3.8) is 0 Å². The van der Waals surface area contributed by atoms with Crippen LogP contribution in [0.4, 0.5) is 0 Å². The van der Waals surface area contributed by atoms with E-state index in [9.17, 15) is 0 Å². The van der Waals surface area contributed by atoms with E-state index in [4.69, 9.17) is 11.6 Å². The van der Waals surface area contributed by atoms with Crippen molar-refractivity contribution in [1.82, 2.24) is 19.8 Å². The summed E-state index contributed by atoms with van der Waals surface area (Å²) in [4.78, 5) is 0.826. The van der Waals surface area contributed by atoms with Crippen LogP contribution in [0.2, 0.25) is 5.02 Å². The highest BCUT2D eigenvalue weighted by molar-refractivity contribution is 7.98. The number of nitrogens with zero attached hydrogens (tertiary/aromatic N) is 4. The van der Waals surface area contributed by atoms with Crippen LogP contribution in [0.5, 0.6) is 0 Å². The van der Waals surface area contributed by atoms with Crippen molar-refractivity contribution < 1.29 is 0 Å². The van der Waals surface area contributed by atoms with Gasteiger partial charge in [-0.2, -0.15) is 21.4 Å². The lowest BCUT2D eigenvalue weighted by atomic mass is 10.2. The first-order valence-corrected chi connectivity index (χ1v) is 8.83. The van der Waals surface area contributed by atoms with Gasteiger partial charge in [-0.25, -0.2) is 0 Å². The predicted molar refractivity (Wildman–Crippen MR) is 90.9 cm³/mol. The van der Waals surface area contributed by atoms with Crippen LogP contribution in [-0.2, 0) is 5.75 Å². The highest BCUT2D eigenvalue weighted by Crippen LogP contribution is 2.19. The molecule has 0 aliphatic carbocycles. The van der Waals surface area contributed by atoms with E-state index in [2.05, 4.69) is 22.2 Å². The molecule has 2 heterocycles. The predicted octanol–water partition coefficient (Wildman–Crippen LogP) is 4.26. The van der Waals surface area contributed by atoms with Gasteiger partial charge in [-0.15, -0.1) is 10.2 Å². The van der Waals surface area contributed by atoms with Crippen molar-refractivity contribution in [2.45, 2.75) is 12.7 Å². The summed E-state index contributed by atoms with van der Waals surface area (Å²) in [7, 11) is 0. The molecule has 0 bridgehead atoms. The third-order valence-electron chi connectivity index (χ3n) is 2.77. The molecule has 1 aromatic carbocycles. The number of thioether (sulfide) groups is 1. The standard InChI is InChI=1S/C14H13ClN4S2/c1-2-20-9-12-16-17-14-19(12)18-13(21-14)7-6-10-4-3-5-11(15)8-10/h3-8H,2,9H2,1H3. The molecule has 21 heavy (non-hydrogen) atoms. The molecular formula is C14H13ClN4S2. The van der Waals surface area contributed by atoms with E-state index in [0.29, 0.717) is 0 Å². The highest BCUT2D eigenvalue weighted by atomic mass is 35.5. The van der Waals surface area contributed by atoms with Crippen LogP contribution in [-0.4, -0.2) is 25.6 Å². The Morgan fingerprint density at radius 1 is 1.33 bits per heavy atom. The summed E-state index contributed by atoms with van der Waals surface area (Å²) < 4.78 is 1.82. The minimum atomic E-state index is 0.731. The lowest BCUT2D eigenvalue weighted by Crippen LogP contribution is -1.93. The maximum atomic E-state index is 5.97. The first-order chi connectivity index (χ1) is 10.3. The third kappa shape index (κ3) is 3.45. The fourth-order valence-electron chi connectivity index (χ4n) is 1.80. The van der Waals surface area contributed by atoms with Gasteiger partial charge in [-0.05, 0) is 29.5 Å². The number of benzene rings is 1. The van der Waals surface area contributed by atoms with Crippen LogP contribution in [0.25, 0.3) is 17.1 Å². The number of aromatic nitrogens is 4. The van der Waals surface area contributed by atoms with E-state index < -0.39 is 0 Å². The van der Waals surface area contributed by atoms with Gasteiger partial charge in [0.25, 0.3) is 0 Å². The molecule has 0 aliphatic heterocycles. The van der Waals surface area contributed by atoms with Crippen LogP contribution in [0.3, 0.4) is 0 Å². The number of fused-ring (bicyclic) bond motifs is 1. The van der Waals surface area contributed by atoms with Crippen molar-refractivity contribution in [3.8, 4) is 0 Å². The molecule has 7 heteroatoms. The molecule has 0 radical (unpaired) electrons. The van der Waals surface area contributed by atoms with Gasteiger partial charge in [0, 0.05) is 5.02 Å². The third-order valence-corrected chi connectivity index (χ3v) is 4.74. The van der Waals surface area contributed by atoms with E-state index >= 15 is 0 Å². The normalized spacial score (nSPS) is 11.7. The summed E-state index contributed by atoms with van der Waals surface area (Å²) in [6.45, 7) is 2.13. The first-order valence-electron chi connectivity index (χ1n) is 6.49. The molecule has 0 aliphatic rings. The summed E-state index contributed by atoms with van der Waals surface area (Å²) >= 11 is 9.31. The molecule has 0 saturated heterocycles. The van der Waals surface area contributed by atoms with Crippen molar-refractivity contribution in [3.05, 3.63) is 45.7 Å². The second kappa shape index (κ2) is 6.60. The lowest BCUT2D eigenvalue weighted by molar-refractivity contribution is 0.880. The Morgan fingerprint density at radius 3 is 3.05 bits per heavy atom. The average molecular weight is 337 g/mol. The van der Waals surface area contributed by atoms with Crippen molar-refractivity contribution in [2.24, 2.45) is 0 Å². The molecular weight excluding hydrogens is 324 g/mol. The summed E-state index contributed by atoms with van der Waals surface area (Å²) in [6.07, 6.45) is 3.97. The molecule has 0 saturated carbocycles. The monoisotopic (exact) mass is 336 g/mol. The van der Waals surface area contributed by atoms with Gasteiger partial charge >= 0.3 is 0 Å². The molecule has 0 amide bonds. The quantitative estimate of drug-likeness (QED) is 0.698. The van der Waals surface area contributed by atoms with Crippen LogP contribution in [0, 0.1) is 0 Å². The van der Waals surface area contributed by atoms with Crippen LogP contribution < -0.4 is 0 Å². The van der Waals surface area contributed by atoms with Crippen LogP contribution in [0.1, 0.15) is 23.3 Å². The molecule has 2 aromatic heterocycles. The maximum Gasteiger partial charge on any atom is 0.234 e. The zero-order chi connectivity index (χ0) is 14.7. The second-order valence-corrected chi connectivity index (χ2v) is 6.97. The Labute approximate surface area is 135 Å². The maximum absolute atomic E-state index is 5.97. The zero-order valence-electron chi connectivity index (χ0n) is 11.4. The Morgan fingerprint density at radius 2 is 2.24 bits per heavy atom. The summed E-state index contributed by atoms with van der Waals surface area (Å²) in [5.74, 6) is 2.79. The fourth-order valence-corrected chi connectivity index (χ4v) is 3.33. The fraction of sp³-hybridized carbons (Fsp3) is 0.214. The minimum absolute atomic E-state index is 0.731. The average Bonchev–Trinajstić information content (AvgIpc) is 3.03. The summed E-state index contributed by atoms with van der Waals surface area (Å²) in [6, 6.07) is 7.72. The number of halogens is 1. The van der Waals surface area contributed by atoms with E-state index in [1.54, 1.807) is 0 Å². The summed E-state index contributed by atoms with van der Waals surface area (Å²) in [5.41, 5.74) is 1.05. The number of hydrogen-bond acceptors (Lipinski definition) is 5. The molecule has 3 aromatic rings. The van der Waals surface area contributed by atoms with Gasteiger partial charge in [0.1, 0.15) is 5.01 Å². The number of hydrogen-bond donors (Lipinski definition) is 0. The lowest BCUT2D eigenvalue weighted by Gasteiger charge is -1.94. The smallest absolute Gasteiger partial charge is 0.186 e. The van der Waals surface area contributed by atoms with Crippen LogP contribution in [0.15, 0.2) is 24.3 Å².